The van der Waals surface area contributed by atoms with Gasteiger partial charge in [0.25, 0.3) is 0 Å². The van der Waals surface area contributed by atoms with Gasteiger partial charge in [0.15, 0.2) is 0 Å². The summed E-state index contributed by atoms with van der Waals surface area (Å²) in [6.45, 7) is -3.86. The summed E-state index contributed by atoms with van der Waals surface area (Å²) < 4.78 is 73.1. The minimum absolute atomic E-state index is 1.84. The number of alkyl halides is 6. The fourth-order valence-corrected chi connectivity index (χ4v) is 0.366. The van der Waals surface area contributed by atoms with Gasteiger partial charge in [0, 0.05) is 0 Å². The lowest BCUT2D eigenvalue weighted by Crippen LogP contribution is -2.37. The van der Waals surface area contributed by atoms with Crippen LogP contribution in [-0.2, 0) is 4.74 Å². The summed E-state index contributed by atoms with van der Waals surface area (Å²) >= 11 is 0. The molecule has 0 N–H and O–H groups in total. The van der Waals surface area contributed by atoms with Crippen LogP contribution < -0.4 is 0 Å². The molecular formula is C5H6F6O. The Labute approximate surface area is 64.3 Å². The summed E-state index contributed by atoms with van der Waals surface area (Å²) in [5.74, 6) is 0. The van der Waals surface area contributed by atoms with Crippen molar-refractivity contribution in [2.45, 2.75) is 18.6 Å². The van der Waals surface area contributed by atoms with Gasteiger partial charge in [-0.1, -0.05) is 0 Å². The van der Waals surface area contributed by atoms with E-state index in [9.17, 15) is 26.3 Å². The van der Waals surface area contributed by atoms with E-state index in [0.717, 1.165) is 0 Å². The van der Waals surface area contributed by atoms with Gasteiger partial charge in [0.2, 0.25) is 12.5 Å². The molecule has 0 bridgehead atoms. The Morgan fingerprint density at radius 3 is 1.92 bits per heavy atom. The van der Waals surface area contributed by atoms with Gasteiger partial charge in [-0.15, -0.1) is 0 Å². The first kappa shape index (κ1) is 11.5. The van der Waals surface area contributed by atoms with E-state index in [-0.39, 0.29) is 0 Å². The largest absolute Gasteiger partial charge is 0.392 e. The van der Waals surface area contributed by atoms with E-state index in [0.29, 0.717) is 0 Å². The number of halogens is 6. The molecule has 0 rings (SSSR count). The minimum atomic E-state index is -4.62. The normalized spacial score (nSPS) is 17.5. The molecule has 0 aliphatic carbocycles. The molecule has 2 unspecified atom stereocenters. The fraction of sp³-hybridized carbons (Fsp3) is 1.00. The Hall–Kier alpha value is -0.460. The van der Waals surface area contributed by atoms with E-state index in [4.69, 9.17) is 0 Å². The van der Waals surface area contributed by atoms with Crippen LogP contribution in [-0.4, -0.2) is 32.0 Å². The third kappa shape index (κ3) is 3.29. The predicted molar refractivity (Wildman–Crippen MR) is 27.8 cm³/mol. The molecular weight excluding hydrogens is 190 g/mol. The van der Waals surface area contributed by atoms with Gasteiger partial charge in [0.05, 0.1) is 0 Å². The molecule has 7 heteroatoms. The van der Waals surface area contributed by atoms with Gasteiger partial charge in [0.1, 0.15) is 13.3 Å². The zero-order chi connectivity index (χ0) is 9.78. The summed E-state index contributed by atoms with van der Waals surface area (Å²) in [6.07, 6.45) is -10.8. The molecule has 0 aromatic rings. The third-order valence-corrected chi connectivity index (χ3v) is 0.906. The Balaban J connectivity index is 4.02. The van der Waals surface area contributed by atoms with E-state index < -0.39 is 32.0 Å². The van der Waals surface area contributed by atoms with Crippen LogP contribution in [0.3, 0.4) is 0 Å². The van der Waals surface area contributed by atoms with Crippen molar-refractivity contribution in [2.75, 3.05) is 13.3 Å². The number of rotatable bonds is 5. The molecule has 2 atom stereocenters. The Bertz CT molecular complexity index is 129. The first-order valence-electron chi connectivity index (χ1n) is 2.89. The summed E-state index contributed by atoms with van der Waals surface area (Å²) in [4.78, 5) is 0. The topological polar surface area (TPSA) is 9.23 Å². The van der Waals surface area contributed by atoms with Gasteiger partial charge >= 0.3 is 6.11 Å². The van der Waals surface area contributed by atoms with Crippen molar-refractivity contribution in [2.24, 2.45) is 0 Å². The molecule has 1 nitrogen and oxygen atoms in total. The Morgan fingerprint density at radius 2 is 1.58 bits per heavy atom. The molecule has 0 aliphatic rings. The van der Waals surface area contributed by atoms with Crippen molar-refractivity contribution in [3.63, 3.8) is 0 Å². The summed E-state index contributed by atoms with van der Waals surface area (Å²) in [5.41, 5.74) is 0. The van der Waals surface area contributed by atoms with E-state index in [1.165, 1.54) is 0 Å². The molecule has 0 aromatic carbocycles. The zero-order valence-corrected chi connectivity index (χ0v) is 5.74. The van der Waals surface area contributed by atoms with E-state index in [1.54, 1.807) is 0 Å². The van der Waals surface area contributed by atoms with E-state index in [1.807, 2.05) is 0 Å². The number of ether oxygens (including phenoxy) is 1. The first-order chi connectivity index (χ1) is 5.44. The van der Waals surface area contributed by atoms with Crippen LogP contribution in [0.15, 0.2) is 0 Å². The molecule has 74 valence electrons. The van der Waals surface area contributed by atoms with E-state index >= 15 is 0 Å². The smallest absolute Gasteiger partial charge is 0.280 e. The summed E-state index contributed by atoms with van der Waals surface area (Å²) in [7, 11) is 0. The molecule has 0 amide bonds. The standard InChI is InChI=1S/C5H6F6O/c6-1-3(8)5(10,11)12-4(9)2-7/h3-4H,1-2H2. The van der Waals surface area contributed by atoms with E-state index in [2.05, 4.69) is 4.74 Å². The van der Waals surface area contributed by atoms with Gasteiger partial charge in [-0.3, -0.25) is 4.74 Å². The number of hydrogen-bond acceptors (Lipinski definition) is 1. The van der Waals surface area contributed by atoms with Crippen molar-refractivity contribution in [3.8, 4) is 0 Å². The molecule has 0 spiro atoms. The second-order valence-electron chi connectivity index (χ2n) is 1.87. The van der Waals surface area contributed by atoms with Crippen molar-refractivity contribution in [1.29, 1.82) is 0 Å². The Kier molecular flexibility index (Phi) is 4.36. The quantitative estimate of drug-likeness (QED) is 0.612. The summed E-state index contributed by atoms with van der Waals surface area (Å²) in [5, 5.41) is 0. The fourth-order valence-electron chi connectivity index (χ4n) is 0.366. The molecule has 0 saturated carbocycles. The van der Waals surface area contributed by atoms with Gasteiger partial charge < -0.3 is 0 Å². The van der Waals surface area contributed by atoms with Crippen molar-refractivity contribution in [1.82, 2.24) is 0 Å². The van der Waals surface area contributed by atoms with Crippen LogP contribution in [0.1, 0.15) is 0 Å². The van der Waals surface area contributed by atoms with Crippen molar-refractivity contribution < 1.29 is 31.1 Å². The summed E-state index contributed by atoms with van der Waals surface area (Å²) in [6, 6.07) is 0. The number of hydrogen-bond donors (Lipinski definition) is 0. The lowest BCUT2D eigenvalue weighted by atomic mass is 10.4. The van der Waals surface area contributed by atoms with Crippen LogP contribution >= 0.6 is 0 Å². The average molecular weight is 196 g/mol. The second-order valence-corrected chi connectivity index (χ2v) is 1.87. The SMILES string of the molecule is FCC(F)OC(F)(F)C(F)CF. The molecule has 0 radical (unpaired) electrons. The van der Waals surface area contributed by atoms with Crippen molar-refractivity contribution >= 4 is 0 Å². The molecule has 0 fully saturated rings. The Morgan fingerprint density at radius 1 is 1.08 bits per heavy atom. The van der Waals surface area contributed by atoms with Gasteiger partial charge in [-0.25, -0.2) is 17.6 Å². The maximum atomic E-state index is 12.0. The van der Waals surface area contributed by atoms with Crippen LogP contribution in [0.2, 0.25) is 0 Å². The highest BCUT2D eigenvalue weighted by atomic mass is 19.3. The highest BCUT2D eigenvalue weighted by molar-refractivity contribution is 4.66. The molecule has 0 aromatic heterocycles. The van der Waals surface area contributed by atoms with Gasteiger partial charge in [-0.05, 0) is 0 Å². The first-order valence-corrected chi connectivity index (χ1v) is 2.89. The average Bonchev–Trinajstić information content (AvgIpc) is 2.02. The highest BCUT2D eigenvalue weighted by Crippen LogP contribution is 2.25. The van der Waals surface area contributed by atoms with Gasteiger partial charge in [-0.2, -0.15) is 8.78 Å². The third-order valence-electron chi connectivity index (χ3n) is 0.906. The van der Waals surface area contributed by atoms with Crippen LogP contribution in [0.25, 0.3) is 0 Å². The minimum Gasteiger partial charge on any atom is -0.280 e. The monoisotopic (exact) mass is 196 g/mol. The molecule has 12 heavy (non-hydrogen) atoms. The highest BCUT2D eigenvalue weighted by Gasteiger charge is 2.44. The predicted octanol–water partition coefficient (Wildman–Crippen LogP) is 2.17. The molecule has 0 aliphatic heterocycles. The molecule has 0 heterocycles. The van der Waals surface area contributed by atoms with Crippen LogP contribution in [0, 0.1) is 0 Å². The van der Waals surface area contributed by atoms with Crippen LogP contribution in [0.5, 0.6) is 0 Å². The molecule has 0 saturated heterocycles. The van der Waals surface area contributed by atoms with Crippen LogP contribution in [0.4, 0.5) is 26.3 Å². The lowest BCUT2D eigenvalue weighted by Gasteiger charge is -2.19. The maximum Gasteiger partial charge on any atom is 0.392 e. The maximum absolute atomic E-state index is 12.0. The second kappa shape index (κ2) is 4.54. The zero-order valence-electron chi connectivity index (χ0n) is 5.74. The lowest BCUT2D eigenvalue weighted by molar-refractivity contribution is -0.317. The van der Waals surface area contributed by atoms with Crippen molar-refractivity contribution in [3.05, 3.63) is 0 Å².